The minimum Gasteiger partial charge on any atom is -0.494 e. The normalized spacial score (nSPS) is 12.3. The third kappa shape index (κ3) is 5.10. The average molecular weight is 449 g/mol. The zero-order valence-corrected chi connectivity index (χ0v) is 17.3. The number of anilines is 2. The molecule has 11 heteroatoms. The molecule has 0 bridgehead atoms. The maximum Gasteiger partial charge on any atom is 0.313 e. The van der Waals surface area contributed by atoms with Crippen molar-refractivity contribution in [2.45, 2.75) is 13.3 Å². The van der Waals surface area contributed by atoms with E-state index in [0.717, 1.165) is 0 Å². The van der Waals surface area contributed by atoms with Crippen LogP contribution in [0.2, 0.25) is 5.15 Å². The molecule has 1 amide bonds. The number of carbonyl (C=O) groups excluding carboxylic acids is 2. The van der Waals surface area contributed by atoms with E-state index in [4.69, 9.17) is 29.6 Å². The number of methoxy groups -OCH3 is 1. The van der Waals surface area contributed by atoms with Gasteiger partial charge in [0, 0.05) is 17.2 Å². The van der Waals surface area contributed by atoms with Crippen molar-refractivity contribution < 1.29 is 27.6 Å². The van der Waals surface area contributed by atoms with Crippen LogP contribution in [0.1, 0.15) is 27.3 Å². The van der Waals surface area contributed by atoms with Crippen LogP contribution in [0, 0.1) is 0 Å². The fourth-order valence-corrected chi connectivity index (χ4v) is 2.87. The van der Waals surface area contributed by atoms with Crippen molar-refractivity contribution in [2.24, 2.45) is 0 Å². The summed E-state index contributed by atoms with van der Waals surface area (Å²) in [6.07, 6.45) is 1.33. The molecule has 1 aromatic carbocycles. The van der Waals surface area contributed by atoms with Crippen LogP contribution in [0.4, 0.5) is 11.4 Å². The van der Waals surface area contributed by atoms with E-state index in [-0.39, 0.29) is 35.5 Å². The number of aromatic nitrogens is 3. The maximum atomic E-state index is 12.4. The number of ether oxygens (including phenoxy) is 2. The fraction of sp³-hybridized carbons (Fsp3) is 0.250. The number of para-hydroxylation sites is 1. The summed E-state index contributed by atoms with van der Waals surface area (Å²) in [6, 6.07) is 6.32. The zero-order valence-electron chi connectivity index (χ0n) is 19.6. The summed E-state index contributed by atoms with van der Waals surface area (Å²) in [5, 5.41) is 12.1. The molecule has 0 saturated carbocycles. The third-order valence-corrected chi connectivity index (χ3v) is 4.17. The quantitative estimate of drug-likeness (QED) is 0.499. The van der Waals surface area contributed by atoms with Gasteiger partial charge in [-0.2, -0.15) is 0 Å². The molecule has 0 spiro atoms. The second kappa shape index (κ2) is 9.90. The zero-order chi connectivity index (χ0) is 24.9. The van der Waals surface area contributed by atoms with Crippen LogP contribution in [0.3, 0.4) is 0 Å². The number of benzene rings is 1. The fourth-order valence-electron chi connectivity index (χ4n) is 2.73. The van der Waals surface area contributed by atoms with Gasteiger partial charge in [-0.1, -0.05) is 17.7 Å². The summed E-state index contributed by atoms with van der Waals surface area (Å²) in [4.78, 5) is 28.3. The lowest BCUT2D eigenvalue weighted by molar-refractivity contribution is -0.142. The number of esters is 1. The first-order valence-corrected chi connectivity index (χ1v) is 9.39. The molecule has 0 unspecified atom stereocenters. The molecule has 0 aliphatic rings. The molecule has 0 aliphatic carbocycles. The van der Waals surface area contributed by atoms with Gasteiger partial charge in [0.15, 0.2) is 16.6 Å². The number of oxazole rings is 1. The second-order valence-electron chi connectivity index (χ2n) is 6.01. The largest absolute Gasteiger partial charge is 0.494 e. The first-order valence-electron chi connectivity index (χ1n) is 10.5. The molecule has 0 aliphatic heterocycles. The van der Waals surface area contributed by atoms with Crippen molar-refractivity contribution in [3.63, 3.8) is 0 Å². The topological polar surface area (TPSA) is 128 Å². The van der Waals surface area contributed by atoms with E-state index in [0.29, 0.717) is 22.8 Å². The van der Waals surface area contributed by atoms with Crippen LogP contribution >= 0.6 is 11.6 Å². The molecule has 10 nitrogen and oxygen atoms in total. The molecule has 0 radical (unpaired) electrons. The lowest BCUT2D eigenvalue weighted by atomic mass is 10.1. The molecular formula is C20H20ClN5O5. The molecule has 2 N–H and O–H groups in total. The van der Waals surface area contributed by atoms with Gasteiger partial charge in [-0.25, -0.2) is 4.98 Å². The Morgan fingerprint density at radius 3 is 2.87 bits per heavy atom. The SMILES string of the molecule is [2H]C([2H])([2H])NC(=O)c1nnc(Cl)cc1Nc1cccc(-c2ncc(CC(=O)OCC)o2)c1OC. The number of nitrogens with zero attached hydrogens (tertiary/aromatic N) is 3. The van der Waals surface area contributed by atoms with Crippen LogP contribution < -0.4 is 15.4 Å². The van der Waals surface area contributed by atoms with Crippen molar-refractivity contribution in [3.05, 3.63) is 47.1 Å². The summed E-state index contributed by atoms with van der Waals surface area (Å²) in [5.74, 6) is -0.633. The molecule has 31 heavy (non-hydrogen) atoms. The summed E-state index contributed by atoms with van der Waals surface area (Å²) < 4.78 is 37.8. The van der Waals surface area contributed by atoms with Crippen molar-refractivity contribution in [1.82, 2.24) is 20.5 Å². The third-order valence-electron chi connectivity index (χ3n) is 3.99. The lowest BCUT2D eigenvalue weighted by Gasteiger charge is -2.15. The smallest absolute Gasteiger partial charge is 0.313 e. The first kappa shape index (κ1) is 18.1. The van der Waals surface area contributed by atoms with Gasteiger partial charge in [0.1, 0.15) is 12.2 Å². The van der Waals surface area contributed by atoms with Crippen molar-refractivity contribution in [2.75, 3.05) is 26.0 Å². The van der Waals surface area contributed by atoms with Gasteiger partial charge < -0.3 is 24.5 Å². The molecule has 162 valence electrons. The van der Waals surface area contributed by atoms with Crippen molar-refractivity contribution >= 4 is 34.9 Å². The Kier molecular flexibility index (Phi) is 5.79. The minimum atomic E-state index is -2.72. The highest BCUT2D eigenvalue weighted by Crippen LogP contribution is 2.38. The van der Waals surface area contributed by atoms with E-state index in [1.54, 1.807) is 25.1 Å². The molecule has 2 heterocycles. The van der Waals surface area contributed by atoms with Gasteiger partial charge in [-0.3, -0.25) is 9.59 Å². The van der Waals surface area contributed by atoms with E-state index < -0.39 is 18.9 Å². The first-order chi connectivity index (χ1) is 16.1. The number of nitrogens with one attached hydrogen (secondary N) is 2. The summed E-state index contributed by atoms with van der Waals surface area (Å²) in [6.45, 7) is -0.766. The van der Waals surface area contributed by atoms with E-state index in [2.05, 4.69) is 20.5 Å². The van der Waals surface area contributed by atoms with E-state index in [1.807, 2.05) is 5.32 Å². The van der Waals surface area contributed by atoms with Crippen LogP contribution in [0.5, 0.6) is 5.75 Å². The van der Waals surface area contributed by atoms with Gasteiger partial charge in [0.2, 0.25) is 5.89 Å². The molecule has 0 saturated heterocycles. The predicted octanol–water partition coefficient (Wildman–Crippen LogP) is 3.00. The van der Waals surface area contributed by atoms with Gasteiger partial charge in [-0.15, -0.1) is 10.2 Å². The molecule has 3 aromatic rings. The number of carbonyl (C=O) groups is 2. The maximum absolute atomic E-state index is 12.4. The van der Waals surface area contributed by atoms with Crippen molar-refractivity contribution in [3.8, 4) is 17.2 Å². The monoisotopic (exact) mass is 448 g/mol. The van der Waals surface area contributed by atoms with Crippen LogP contribution in [0.15, 0.2) is 34.9 Å². The molecule has 0 atom stereocenters. The van der Waals surface area contributed by atoms with Gasteiger partial charge in [0.25, 0.3) is 5.91 Å². The summed E-state index contributed by atoms with van der Waals surface area (Å²) in [5.41, 5.74) is 0.620. The summed E-state index contributed by atoms with van der Waals surface area (Å²) >= 11 is 5.94. The highest BCUT2D eigenvalue weighted by Gasteiger charge is 2.20. The summed E-state index contributed by atoms with van der Waals surface area (Å²) in [7, 11) is 1.42. The van der Waals surface area contributed by atoms with E-state index >= 15 is 0 Å². The van der Waals surface area contributed by atoms with Crippen molar-refractivity contribution in [1.29, 1.82) is 0 Å². The molecule has 2 aromatic heterocycles. The van der Waals surface area contributed by atoms with Crippen LogP contribution in [-0.4, -0.2) is 47.8 Å². The highest BCUT2D eigenvalue weighted by atomic mass is 35.5. The second-order valence-corrected chi connectivity index (χ2v) is 6.40. The molecule has 3 rings (SSSR count). The standard InChI is InChI=1S/C20H20ClN5O5/c1-4-30-16(27)8-11-10-23-20(31-11)12-6-5-7-13(18(12)29-3)24-14-9-15(21)25-26-17(14)19(28)22-2/h5-7,9-10H,4,8H2,1-3H3,(H,22,28)(H,24,25)/i2D3. The van der Waals surface area contributed by atoms with Gasteiger partial charge >= 0.3 is 5.97 Å². The number of amides is 1. The van der Waals surface area contributed by atoms with Gasteiger partial charge in [-0.05, 0) is 19.1 Å². The Morgan fingerprint density at radius 1 is 1.29 bits per heavy atom. The van der Waals surface area contributed by atoms with Crippen LogP contribution in [0.25, 0.3) is 11.5 Å². The van der Waals surface area contributed by atoms with Gasteiger partial charge in [0.05, 0.1) is 36.9 Å². The number of hydrogen-bond donors (Lipinski definition) is 2. The Balaban J connectivity index is 1.94. The Hall–Kier alpha value is -3.66. The number of hydrogen-bond acceptors (Lipinski definition) is 9. The Bertz CT molecular complexity index is 1200. The van der Waals surface area contributed by atoms with E-state index in [1.165, 1.54) is 19.4 Å². The van der Waals surface area contributed by atoms with Crippen LogP contribution in [-0.2, 0) is 16.0 Å². The number of halogens is 1. The van der Waals surface area contributed by atoms with E-state index in [9.17, 15) is 9.59 Å². The predicted molar refractivity (Wildman–Crippen MR) is 113 cm³/mol. The Labute approximate surface area is 187 Å². The number of rotatable bonds is 8. The highest BCUT2D eigenvalue weighted by molar-refractivity contribution is 6.29. The lowest BCUT2D eigenvalue weighted by Crippen LogP contribution is -2.21. The molecular weight excluding hydrogens is 426 g/mol. The molecule has 0 fully saturated rings. The Morgan fingerprint density at radius 2 is 2.13 bits per heavy atom. The average Bonchev–Trinajstić information content (AvgIpc) is 3.20. The minimum absolute atomic E-state index is 0.0284.